The lowest BCUT2D eigenvalue weighted by molar-refractivity contribution is 0.00578. The van der Waals surface area contributed by atoms with E-state index in [9.17, 15) is 9.32 Å². The van der Waals surface area contributed by atoms with Gasteiger partial charge in [0.25, 0.3) is 0 Å². The van der Waals surface area contributed by atoms with Gasteiger partial charge < -0.3 is 14.4 Å². The van der Waals surface area contributed by atoms with Crippen LogP contribution < -0.4 is 5.46 Å². The van der Waals surface area contributed by atoms with Crippen molar-refractivity contribution in [3.63, 3.8) is 0 Å². The van der Waals surface area contributed by atoms with Gasteiger partial charge in [-0.1, -0.05) is 17.7 Å². The number of hydrogen-bond donors (Lipinski definition) is 1. The molecule has 1 aliphatic heterocycles. The number of pyridine rings is 1. The highest BCUT2D eigenvalue weighted by molar-refractivity contribution is 7.83. The van der Waals surface area contributed by atoms with Crippen molar-refractivity contribution in [3.8, 4) is 5.88 Å². The van der Waals surface area contributed by atoms with Gasteiger partial charge in [0.1, 0.15) is 0 Å². The van der Waals surface area contributed by atoms with E-state index < -0.39 is 29.3 Å². The average molecular weight is 398 g/mol. The topological polar surface area (TPSA) is 73.6 Å². The van der Waals surface area contributed by atoms with Crippen molar-refractivity contribution >= 4 is 34.6 Å². The van der Waals surface area contributed by atoms with Gasteiger partial charge in [-0.05, 0) is 58.9 Å². The lowest BCUT2D eigenvalue weighted by Crippen LogP contribution is -2.41. The van der Waals surface area contributed by atoms with Gasteiger partial charge >= 0.3 is 7.12 Å². The number of nitrogens with zero attached hydrogens (tertiary/aromatic N) is 2. The van der Waals surface area contributed by atoms with E-state index in [4.69, 9.17) is 9.31 Å². The van der Waals surface area contributed by atoms with Crippen molar-refractivity contribution < 1.29 is 18.6 Å². The van der Waals surface area contributed by atoms with E-state index in [2.05, 4.69) is 4.98 Å². The third-order valence-corrected chi connectivity index (χ3v) is 6.93. The van der Waals surface area contributed by atoms with Crippen molar-refractivity contribution in [3.05, 3.63) is 48.2 Å². The zero-order valence-electron chi connectivity index (χ0n) is 16.6. The normalized spacial score (nSPS) is 19.2. The van der Waals surface area contributed by atoms with Crippen molar-refractivity contribution in [1.82, 2.24) is 8.96 Å². The highest BCUT2D eigenvalue weighted by atomic mass is 32.2. The Balaban J connectivity index is 1.88. The van der Waals surface area contributed by atoms with E-state index in [1.54, 1.807) is 24.4 Å². The number of fused-ring (bicyclic) bond motifs is 1. The fourth-order valence-corrected chi connectivity index (χ4v) is 4.35. The molecule has 0 aliphatic carbocycles. The Hall–Kier alpha value is -2.16. The summed E-state index contributed by atoms with van der Waals surface area (Å²) in [5.41, 5.74) is 0.817. The number of hydrogen-bond acceptors (Lipinski definition) is 5. The van der Waals surface area contributed by atoms with Gasteiger partial charge in [0.05, 0.1) is 21.6 Å². The van der Waals surface area contributed by atoms with Crippen LogP contribution in [0, 0.1) is 6.92 Å². The first kappa shape index (κ1) is 19.2. The summed E-state index contributed by atoms with van der Waals surface area (Å²) in [6, 6.07) is 10.9. The third kappa shape index (κ3) is 2.87. The first-order valence-electron chi connectivity index (χ1n) is 9.15. The molecule has 6 nitrogen and oxygen atoms in total. The van der Waals surface area contributed by atoms with Crippen LogP contribution in [0.2, 0.25) is 0 Å². The molecular formula is C20H23BN2O4S. The molecule has 0 saturated carbocycles. The van der Waals surface area contributed by atoms with Crippen molar-refractivity contribution in [2.24, 2.45) is 0 Å². The number of benzene rings is 1. The molecule has 1 atom stereocenters. The van der Waals surface area contributed by atoms with Gasteiger partial charge in [0.15, 0.2) is 16.6 Å². The van der Waals surface area contributed by atoms with Crippen LogP contribution in [0.5, 0.6) is 5.88 Å². The monoisotopic (exact) mass is 398 g/mol. The second kappa shape index (κ2) is 6.44. The zero-order chi connectivity index (χ0) is 20.3. The maximum Gasteiger partial charge on any atom is 0.501 e. The van der Waals surface area contributed by atoms with Crippen LogP contribution in [0.25, 0.3) is 11.0 Å². The SMILES string of the molecule is Cc1ccc(S(=O)n2c(O)c(B3OC(C)(C)C(C)(C)O3)c3cccnc32)cc1. The second-order valence-electron chi connectivity index (χ2n) is 8.06. The van der Waals surface area contributed by atoms with Crippen molar-refractivity contribution in [1.29, 1.82) is 0 Å². The molecule has 3 heterocycles. The summed E-state index contributed by atoms with van der Waals surface area (Å²) in [7, 11) is -2.45. The van der Waals surface area contributed by atoms with E-state index in [0.717, 1.165) is 5.56 Å². The number of aromatic nitrogens is 2. The van der Waals surface area contributed by atoms with Crippen LogP contribution >= 0.6 is 0 Å². The number of aryl methyl sites for hydroxylation is 1. The Morgan fingerprint density at radius 3 is 2.29 bits per heavy atom. The number of aromatic hydroxyl groups is 1. The fourth-order valence-electron chi connectivity index (χ4n) is 3.21. The highest BCUT2D eigenvalue weighted by Gasteiger charge is 2.53. The molecule has 3 aromatic rings. The van der Waals surface area contributed by atoms with Gasteiger partial charge in [-0.25, -0.2) is 13.2 Å². The molecule has 1 saturated heterocycles. The lowest BCUT2D eigenvalue weighted by Gasteiger charge is -2.32. The van der Waals surface area contributed by atoms with Gasteiger partial charge in [-0.2, -0.15) is 0 Å². The Kier molecular flexibility index (Phi) is 4.41. The Morgan fingerprint density at radius 2 is 1.68 bits per heavy atom. The maximum absolute atomic E-state index is 13.3. The van der Waals surface area contributed by atoms with Crippen LogP contribution in [0.15, 0.2) is 47.5 Å². The molecule has 1 N–H and O–H groups in total. The molecule has 146 valence electrons. The maximum atomic E-state index is 13.3. The second-order valence-corrected chi connectivity index (χ2v) is 9.39. The summed E-state index contributed by atoms with van der Waals surface area (Å²) in [6.45, 7) is 9.77. The molecule has 0 spiro atoms. The summed E-state index contributed by atoms with van der Waals surface area (Å²) in [6.07, 6.45) is 1.61. The van der Waals surface area contributed by atoms with Crippen molar-refractivity contribution in [2.45, 2.75) is 50.7 Å². The van der Waals surface area contributed by atoms with Crippen molar-refractivity contribution in [2.75, 3.05) is 0 Å². The number of rotatable bonds is 3. The summed E-state index contributed by atoms with van der Waals surface area (Å²) in [4.78, 5) is 4.94. The van der Waals surface area contributed by atoms with Crippen LogP contribution in [0.3, 0.4) is 0 Å². The first-order valence-corrected chi connectivity index (χ1v) is 10.3. The van der Waals surface area contributed by atoms with Gasteiger partial charge in [0.2, 0.25) is 5.88 Å². The first-order chi connectivity index (χ1) is 13.1. The molecule has 0 bridgehead atoms. The molecule has 1 aliphatic rings. The molecule has 1 unspecified atom stereocenters. The largest absolute Gasteiger partial charge is 0.501 e. The smallest absolute Gasteiger partial charge is 0.494 e. The molecule has 1 fully saturated rings. The zero-order valence-corrected chi connectivity index (χ0v) is 17.4. The molecular weight excluding hydrogens is 375 g/mol. The average Bonchev–Trinajstić information content (AvgIpc) is 3.03. The molecule has 4 rings (SSSR count). The molecule has 0 amide bonds. The standard InChI is InChI=1S/C20H23BN2O4S/c1-13-8-10-14(11-9-13)28(25)23-17-15(7-6-12-22-17)16(18(23)24)21-26-19(2,3)20(4,5)27-21/h6-12,24H,1-5H3. The van der Waals surface area contributed by atoms with Crippen LogP contribution in [-0.2, 0) is 20.3 Å². The minimum absolute atomic E-state index is 0.161. The van der Waals surface area contributed by atoms with E-state index in [1.165, 1.54) is 3.97 Å². The highest BCUT2D eigenvalue weighted by Crippen LogP contribution is 2.38. The molecule has 8 heteroatoms. The minimum Gasteiger partial charge on any atom is -0.494 e. The Bertz CT molecular complexity index is 1060. The Morgan fingerprint density at radius 1 is 1.07 bits per heavy atom. The van der Waals surface area contributed by atoms with Gasteiger partial charge in [-0.3, -0.25) is 0 Å². The molecule has 2 aromatic heterocycles. The lowest BCUT2D eigenvalue weighted by atomic mass is 9.78. The summed E-state index contributed by atoms with van der Waals surface area (Å²) in [5.74, 6) is -0.161. The van der Waals surface area contributed by atoms with E-state index >= 15 is 0 Å². The van der Waals surface area contributed by atoms with E-state index in [0.29, 0.717) is 21.4 Å². The van der Waals surface area contributed by atoms with E-state index in [1.807, 2.05) is 52.8 Å². The third-order valence-electron chi connectivity index (χ3n) is 5.58. The fraction of sp³-hybridized carbons (Fsp3) is 0.350. The molecule has 1 aromatic carbocycles. The molecule has 28 heavy (non-hydrogen) atoms. The van der Waals surface area contributed by atoms with Gasteiger partial charge in [0, 0.05) is 11.6 Å². The Labute approximate surface area is 167 Å². The van der Waals surface area contributed by atoms with E-state index in [-0.39, 0.29) is 5.88 Å². The van der Waals surface area contributed by atoms with Crippen LogP contribution in [0.1, 0.15) is 33.3 Å². The summed E-state index contributed by atoms with van der Waals surface area (Å²) in [5, 5.41) is 11.7. The predicted octanol–water partition coefficient (Wildman–Crippen LogP) is 2.92. The molecule has 0 radical (unpaired) electrons. The van der Waals surface area contributed by atoms with Gasteiger partial charge in [-0.15, -0.1) is 0 Å². The predicted molar refractivity (Wildman–Crippen MR) is 110 cm³/mol. The summed E-state index contributed by atoms with van der Waals surface area (Å²) >= 11 is 0. The minimum atomic E-state index is -1.67. The van der Waals surface area contributed by atoms with Crippen LogP contribution in [0.4, 0.5) is 0 Å². The van der Waals surface area contributed by atoms with Crippen LogP contribution in [-0.4, -0.2) is 36.6 Å². The summed E-state index contributed by atoms with van der Waals surface area (Å²) < 4.78 is 26.9. The quantitative estimate of drug-likeness (QED) is 0.687.